The lowest BCUT2D eigenvalue weighted by molar-refractivity contribution is 0.0938. The minimum Gasteiger partial charge on any atom is -0.506 e. The maximum absolute atomic E-state index is 13.6. The summed E-state index contributed by atoms with van der Waals surface area (Å²) in [5.74, 6) is -0.880. The van der Waals surface area contributed by atoms with Crippen LogP contribution in [0, 0.1) is 5.82 Å². The number of rotatable bonds is 3. The normalized spacial score (nSPS) is 11.9. The van der Waals surface area contributed by atoms with Gasteiger partial charge in [-0.1, -0.05) is 18.2 Å². The van der Waals surface area contributed by atoms with Crippen molar-refractivity contribution in [1.82, 2.24) is 10.3 Å². The third kappa shape index (κ3) is 3.07. The second-order valence-corrected chi connectivity index (χ2v) is 4.15. The molecule has 0 aliphatic carbocycles. The SMILES string of the molecule is CC(NC(=O)c1cncc(O)c1)c1ccccc1F. The first-order valence-electron chi connectivity index (χ1n) is 5.77. The number of nitrogens with zero attached hydrogens (tertiary/aromatic N) is 1. The Hall–Kier alpha value is -2.43. The van der Waals surface area contributed by atoms with Crippen LogP contribution in [0.4, 0.5) is 4.39 Å². The van der Waals surface area contributed by atoms with Gasteiger partial charge in [0.2, 0.25) is 0 Å². The average Bonchev–Trinajstić information content (AvgIpc) is 2.39. The number of aromatic hydroxyl groups is 1. The smallest absolute Gasteiger partial charge is 0.253 e. The van der Waals surface area contributed by atoms with Gasteiger partial charge in [0.05, 0.1) is 17.8 Å². The van der Waals surface area contributed by atoms with Crippen molar-refractivity contribution in [2.45, 2.75) is 13.0 Å². The van der Waals surface area contributed by atoms with Gasteiger partial charge in [0, 0.05) is 11.8 Å². The highest BCUT2D eigenvalue weighted by Crippen LogP contribution is 2.17. The van der Waals surface area contributed by atoms with Crippen LogP contribution in [-0.2, 0) is 0 Å². The summed E-state index contributed by atoms with van der Waals surface area (Å²) in [4.78, 5) is 15.6. The second-order valence-electron chi connectivity index (χ2n) is 4.15. The van der Waals surface area contributed by atoms with Crippen LogP contribution >= 0.6 is 0 Å². The van der Waals surface area contributed by atoms with E-state index >= 15 is 0 Å². The third-order valence-electron chi connectivity index (χ3n) is 2.71. The molecule has 5 heteroatoms. The molecule has 2 rings (SSSR count). The Kier molecular flexibility index (Phi) is 3.75. The van der Waals surface area contributed by atoms with Crippen molar-refractivity contribution < 1.29 is 14.3 Å². The molecule has 1 amide bonds. The molecule has 0 aliphatic heterocycles. The second kappa shape index (κ2) is 5.48. The molecule has 1 aromatic carbocycles. The quantitative estimate of drug-likeness (QED) is 0.890. The van der Waals surface area contributed by atoms with Crippen LogP contribution in [0.2, 0.25) is 0 Å². The Bertz CT molecular complexity index is 602. The molecule has 1 heterocycles. The minimum atomic E-state index is -0.476. The van der Waals surface area contributed by atoms with Gasteiger partial charge in [0.15, 0.2) is 0 Å². The van der Waals surface area contributed by atoms with E-state index in [1.807, 2.05) is 0 Å². The molecule has 4 nitrogen and oxygen atoms in total. The Morgan fingerprint density at radius 3 is 2.79 bits per heavy atom. The number of aromatic nitrogens is 1. The molecule has 0 fully saturated rings. The van der Waals surface area contributed by atoms with Crippen molar-refractivity contribution in [3.63, 3.8) is 0 Å². The summed E-state index contributed by atoms with van der Waals surface area (Å²) in [6.07, 6.45) is 2.57. The topological polar surface area (TPSA) is 62.2 Å². The first kappa shape index (κ1) is 13.0. The number of nitrogens with one attached hydrogen (secondary N) is 1. The van der Waals surface area contributed by atoms with Gasteiger partial charge >= 0.3 is 0 Å². The zero-order chi connectivity index (χ0) is 13.8. The number of carbonyl (C=O) groups is 1. The molecule has 0 spiro atoms. The summed E-state index contributed by atoms with van der Waals surface area (Å²) in [7, 11) is 0. The molecular weight excluding hydrogens is 247 g/mol. The molecule has 1 atom stereocenters. The highest BCUT2D eigenvalue weighted by molar-refractivity contribution is 5.94. The van der Waals surface area contributed by atoms with Crippen LogP contribution < -0.4 is 5.32 Å². The van der Waals surface area contributed by atoms with Crippen LogP contribution in [0.5, 0.6) is 5.75 Å². The first-order valence-corrected chi connectivity index (χ1v) is 5.77. The summed E-state index contributed by atoms with van der Waals surface area (Å²) in [6.45, 7) is 1.69. The third-order valence-corrected chi connectivity index (χ3v) is 2.71. The maximum Gasteiger partial charge on any atom is 0.253 e. The molecule has 19 heavy (non-hydrogen) atoms. The lowest BCUT2D eigenvalue weighted by Crippen LogP contribution is -2.27. The standard InChI is InChI=1S/C14H13FN2O2/c1-9(12-4-2-3-5-13(12)15)17-14(19)10-6-11(18)8-16-7-10/h2-9,18H,1H3,(H,17,19). The van der Waals surface area contributed by atoms with Crippen molar-refractivity contribution >= 4 is 5.91 Å². The van der Waals surface area contributed by atoms with E-state index in [-0.39, 0.29) is 17.1 Å². The molecule has 0 radical (unpaired) electrons. The summed E-state index contributed by atoms with van der Waals surface area (Å²) in [6, 6.07) is 7.07. The molecule has 0 saturated carbocycles. The van der Waals surface area contributed by atoms with Crippen LogP contribution in [0.25, 0.3) is 0 Å². The van der Waals surface area contributed by atoms with E-state index in [1.165, 1.54) is 24.5 Å². The van der Waals surface area contributed by atoms with Crippen molar-refractivity contribution in [2.75, 3.05) is 0 Å². The summed E-state index contributed by atoms with van der Waals surface area (Å²) >= 11 is 0. The molecule has 2 aromatic rings. The predicted octanol–water partition coefficient (Wildman–Crippen LogP) is 2.42. The fraction of sp³-hybridized carbons (Fsp3) is 0.143. The molecule has 0 saturated heterocycles. The summed E-state index contributed by atoms with van der Waals surface area (Å²) < 4.78 is 13.6. The van der Waals surface area contributed by atoms with E-state index in [4.69, 9.17) is 0 Å². The molecule has 2 N–H and O–H groups in total. The predicted molar refractivity (Wildman–Crippen MR) is 68.2 cm³/mol. The highest BCUT2D eigenvalue weighted by Gasteiger charge is 2.14. The first-order chi connectivity index (χ1) is 9.08. The number of benzene rings is 1. The molecule has 98 valence electrons. The molecule has 0 bridgehead atoms. The Morgan fingerprint density at radius 1 is 1.37 bits per heavy atom. The zero-order valence-electron chi connectivity index (χ0n) is 10.3. The summed E-state index contributed by atoms with van der Waals surface area (Å²) in [5.41, 5.74) is 0.632. The Balaban J connectivity index is 2.13. The van der Waals surface area contributed by atoms with Gasteiger partial charge in [-0.2, -0.15) is 0 Å². The van der Waals surface area contributed by atoms with Gasteiger partial charge in [0.1, 0.15) is 11.6 Å². The lowest BCUT2D eigenvalue weighted by atomic mass is 10.1. The van der Waals surface area contributed by atoms with Crippen molar-refractivity contribution in [2.24, 2.45) is 0 Å². The van der Waals surface area contributed by atoms with E-state index in [2.05, 4.69) is 10.3 Å². The van der Waals surface area contributed by atoms with Gasteiger partial charge in [-0.15, -0.1) is 0 Å². The number of hydrogen-bond acceptors (Lipinski definition) is 3. The molecule has 1 aromatic heterocycles. The number of carbonyl (C=O) groups excluding carboxylic acids is 1. The van der Waals surface area contributed by atoms with E-state index in [0.717, 1.165) is 0 Å². The van der Waals surface area contributed by atoms with Crippen molar-refractivity contribution in [1.29, 1.82) is 0 Å². The van der Waals surface area contributed by atoms with E-state index < -0.39 is 11.9 Å². The van der Waals surface area contributed by atoms with Crippen LogP contribution in [-0.4, -0.2) is 16.0 Å². The van der Waals surface area contributed by atoms with Gasteiger partial charge in [0.25, 0.3) is 5.91 Å². The highest BCUT2D eigenvalue weighted by atomic mass is 19.1. The van der Waals surface area contributed by atoms with Crippen molar-refractivity contribution in [3.8, 4) is 5.75 Å². The largest absolute Gasteiger partial charge is 0.506 e. The van der Waals surface area contributed by atoms with E-state index in [1.54, 1.807) is 25.1 Å². The van der Waals surface area contributed by atoms with Gasteiger partial charge in [-0.05, 0) is 19.1 Å². The lowest BCUT2D eigenvalue weighted by Gasteiger charge is -2.15. The average molecular weight is 260 g/mol. The number of pyridine rings is 1. The van der Waals surface area contributed by atoms with Crippen LogP contribution in [0.3, 0.4) is 0 Å². The van der Waals surface area contributed by atoms with Crippen molar-refractivity contribution in [3.05, 3.63) is 59.7 Å². The van der Waals surface area contributed by atoms with Crippen LogP contribution in [0.15, 0.2) is 42.7 Å². The zero-order valence-corrected chi connectivity index (χ0v) is 10.3. The minimum absolute atomic E-state index is 0.0915. The molecule has 1 unspecified atom stereocenters. The van der Waals surface area contributed by atoms with Gasteiger partial charge in [-0.3, -0.25) is 9.78 Å². The number of amides is 1. The van der Waals surface area contributed by atoms with E-state index in [0.29, 0.717) is 5.56 Å². The van der Waals surface area contributed by atoms with Gasteiger partial charge < -0.3 is 10.4 Å². The number of hydrogen-bond donors (Lipinski definition) is 2. The molecular formula is C14H13FN2O2. The number of halogens is 1. The van der Waals surface area contributed by atoms with Crippen LogP contribution in [0.1, 0.15) is 28.9 Å². The Labute approximate surface area is 109 Å². The fourth-order valence-corrected chi connectivity index (χ4v) is 1.74. The monoisotopic (exact) mass is 260 g/mol. The molecule has 0 aliphatic rings. The van der Waals surface area contributed by atoms with Gasteiger partial charge in [-0.25, -0.2) is 4.39 Å². The maximum atomic E-state index is 13.6. The fourth-order valence-electron chi connectivity index (χ4n) is 1.74. The Morgan fingerprint density at radius 2 is 2.11 bits per heavy atom. The van der Waals surface area contributed by atoms with E-state index in [9.17, 15) is 14.3 Å². The summed E-state index contributed by atoms with van der Waals surface area (Å²) in [5, 5.41) is 11.9.